The molecule has 0 bridgehead atoms. The molecule has 2 aromatic carbocycles. The maximum Gasteiger partial charge on any atom is 0.279 e. The molecule has 1 atom stereocenters. The van der Waals surface area contributed by atoms with Crippen LogP contribution in [0.4, 0.5) is 10.1 Å². The van der Waals surface area contributed by atoms with Gasteiger partial charge in [0.05, 0.1) is 14.2 Å². The highest BCUT2D eigenvalue weighted by Gasteiger charge is 2.15. The van der Waals surface area contributed by atoms with E-state index in [1.807, 2.05) is 20.9 Å². The van der Waals surface area contributed by atoms with Crippen LogP contribution in [0.15, 0.2) is 42.5 Å². The number of carbonyl (C=O) groups excluding carboxylic acids is 2. The number of methoxy groups -OCH3 is 1. The molecule has 2 amide bonds. The van der Waals surface area contributed by atoms with Crippen LogP contribution in [0.25, 0.3) is 0 Å². The first-order chi connectivity index (χ1) is 13.9. The lowest BCUT2D eigenvalue weighted by atomic mass is 10.1. The van der Waals surface area contributed by atoms with E-state index >= 15 is 0 Å². The van der Waals surface area contributed by atoms with E-state index in [-0.39, 0.29) is 24.1 Å². The molecule has 0 aliphatic carbocycles. The molecule has 0 aromatic heterocycles. The van der Waals surface area contributed by atoms with Gasteiger partial charge in [-0.25, -0.2) is 4.39 Å². The molecule has 156 valence electrons. The van der Waals surface area contributed by atoms with Crippen LogP contribution in [0.5, 0.6) is 5.75 Å². The molecule has 0 radical (unpaired) electrons. The Bertz CT molecular complexity index is 853. The van der Waals surface area contributed by atoms with Crippen molar-refractivity contribution in [3.8, 4) is 5.75 Å². The number of halogens is 1. The normalized spacial score (nSPS) is 11.6. The minimum absolute atomic E-state index is 0.0598. The zero-order chi connectivity index (χ0) is 21.4. The fourth-order valence-electron chi connectivity index (χ4n) is 3.13. The molecule has 6 nitrogen and oxygen atoms in total. The average molecular weight is 402 g/mol. The van der Waals surface area contributed by atoms with Crippen molar-refractivity contribution in [1.29, 1.82) is 0 Å². The van der Waals surface area contributed by atoms with Crippen LogP contribution in [0.2, 0.25) is 0 Å². The van der Waals surface area contributed by atoms with Crippen molar-refractivity contribution < 1.29 is 23.6 Å². The molecule has 2 rings (SSSR count). The smallest absolute Gasteiger partial charge is 0.279 e. The SMILES string of the molecule is CCN(CC)C(=O)c1cccc(NC(=O)C[NH+](C)Cc2ccc(OC)c(F)c2)c1. The Labute approximate surface area is 171 Å². The number of hydrogen-bond donors (Lipinski definition) is 2. The average Bonchev–Trinajstić information content (AvgIpc) is 2.69. The van der Waals surface area contributed by atoms with Crippen LogP contribution in [-0.2, 0) is 11.3 Å². The third-order valence-electron chi connectivity index (χ3n) is 4.63. The summed E-state index contributed by atoms with van der Waals surface area (Å²) in [6.45, 7) is 5.83. The Kier molecular flexibility index (Phi) is 8.15. The van der Waals surface area contributed by atoms with Gasteiger partial charge in [-0.05, 0) is 50.2 Å². The zero-order valence-electron chi connectivity index (χ0n) is 17.4. The zero-order valence-corrected chi connectivity index (χ0v) is 17.4. The molecule has 0 spiro atoms. The first kappa shape index (κ1) is 22.4. The number of anilines is 1. The molecule has 0 aliphatic rings. The molecule has 0 saturated heterocycles. The Morgan fingerprint density at radius 1 is 1.14 bits per heavy atom. The predicted molar refractivity (Wildman–Crippen MR) is 111 cm³/mol. The highest BCUT2D eigenvalue weighted by molar-refractivity contribution is 5.97. The Hall–Kier alpha value is -2.93. The molecular formula is C22H29FN3O3+. The number of benzene rings is 2. The summed E-state index contributed by atoms with van der Waals surface area (Å²) in [5.41, 5.74) is 1.90. The quantitative estimate of drug-likeness (QED) is 0.674. The molecule has 1 unspecified atom stereocenters. The van der Waals surface area contributed by atoms with Crippen molar-refractivity contribution in [2.24, 2.45) is 0 Å². The van der Waals surface area contributed by atoms with Gasteiger partial charge < -0.3 is 19.9 Å². The van der Waals surface area contributed by atoms with E-state index in [1.54, 1.807) is 41.3 Å². The number of ether oxygens (including phenoxy) is 1. The number of quaternary nitrogens is 1. The number of nitrogens with one attached hydrogen (secondary N) is 2. The van der Waals surface area contributed by atoms with Gasteiger partial charge in [0, 0.05) is 29.9 Å². The second-order valence-corrected chi connectivity index (χ2v) is 6.89. The Balaban J connectivity index is 1.95. The van der Waals surface area contributed by atoms with Crippen LogP contribution in [0, 0.1) is 5.82 Å². The van der Waals surface area contributed by atoms with E-state index in [9.17, 15) is 14.0 Å². The van der Waals surface area contributed by atoms with E-state index in [4.69, 9.17) is 4.74 Å². The Morgan fingerprint density at radius 2 is 1.86 bits per heavy atom. The van der Waals surface area contributed by atoms with Crippen LogP contribution < -0.4 is 15.0 Å². The maximum absolute atomic E-state index is 13.8. The van der Waals surface area contributed by atoms with Gasteiger partial charge in [0.25, 0.3) is 11.8 Å². The van der Waals surface area contributed by atoms with Gasteiger partial charge in [-0.2, -0.15) is 0 Å². The summed E-state index contributed by atoms with van der Waals surface area (Å²) in [7, 11) is 3.28. The van der Waals surface area contributed by atoms with E-state index in [0.29, 0.717) is 30.9 Å². The molecule has 2 N–H and O–H groups in total. The molecule has 0 heterocycles. The van der Waals surface area contributed by atoms with Gasteiger partial charge >= 0.3 is 0 Å². The van der Waals surface area contributed by atoms with Crippen LogP contribution in [0.1, 0.15) is 29.8 Å². The fraction of sp³-hybridized carbons (Fsp3) is 0.364. The van der Waals surface area contributed by atoms with Crippen molar-refractivity contribution >= 4 is 17.5 Å². The number of carbonyl (C=O) groups is 2. The number of nitrogens with zero attached hydrogens (tertiary/aromatic N) is 1. The fourth-order valence-corrected chi connectivity index (χ4v) is 3.13. The molecule has 0 aliphatic heterocycles. The highest BCUT2D eigenvalue weighted by atomic mass is 19.1. The molecule has 2 aromatic rings. The van der Waals surface area contributed by atoms with Crippen molar-refractivity contribution in [2.75, 3.05) is 39.1 Å². The largest absolute Gasteiger partial charge is 0.494 e. The molecule has 7 heteroatoms. The second-order valence-electron chi connectivity index (χ2n) is 6.89. The third kappa shape index (κ3) is 6.29. The van der Waals surface area contributed by atoms with Gasteiger partial charge in [0.2, 0.25) is 0 Å². The number of amides is 2. The summed E-state index contributed by atoms with van der Waals surface area (Å²) < 4.78 is 18.7. The first-order valence-corrected chi connectivity index (χ1v) is 9.70. The molecule has 0 fully saturated rings. The van der Waals surface area contributed by atoms with Crippen molar-refractivity contribution in [3.63, 3.8) is 0 Å². The lowest BCUT2D eigenvalue weighted by Crippen LogP contribution is -3.08. The molecule has 29 heavy (non-hydrogen) atoms. The standard InChI is InChI=1S/C22H28FN3O3/c1-5-26(6-2)22(28)17-8-7-9-18(13-17)24-21(27)15-25(3)14-16-10-11-20(29-4)19(23)12-16/h7-13H,5-6,14-15H2,1-4H3,(H,24,27)/p+1. The van der Waals surface area contributed by atoms with Gasteiger partial charge in [-0.15, -0.1) is 0 Å². The number of rotatable bonds is 9. The first-order valence-electron chi connectivity index (χ1n) is 9.70. The van der Waals surface area contributed by atoms with E-state index < -0.39 is 5.82 Å². The van der Waals surface area contributed by atoms with E-state index in [2.05, 4.69) is 5.32 Å². The minimum atomic E-state index is -0.420. The van der Waals surface area contributed by atoms with Crippen molar-refractivity contribution in [1.82, 2.24) is 4.90 Å². The van der Waals surface area contributed by atoms with Gasteiger partial charge in [0.15, 0.2) is 18.1 Å². The van der Waals surface area contributed by atoms with Gasteiger partial charge in [-0.3, -0.25) is 9.59 Å². The second kappa shape index (κ2) is 10.6. The lowest BCUT2D eigenvalue weighted by Gasteiger charge is -2.19. The van der Waals surface area contributed by atoms with Crippen LogP contribution in [-0.4, -0.2) is 50.5 Å². The number of likely N-dealkylation sites (N-methyl/N-ethyl adjacent to an activating group) is 1. The van der Waals surface area contributed by atoms with Crippen molar-refractivity contribution in [3.05, 3.63) is 59.4 Å². The third-order valence-corrected chi connectivity index (χ3v) is 4.63. The monoisotopic (exact) mass is 402 g/mol. The van der Waals surface area contributed by atoms with Crippen LogP contribution in [0.3, 0.4) is 0 Å². The summed E-state index contributed by atoms with van der Waals surface area (Å²) in [6, 6.07) is 11.7. The van der Waals surface area contributed by atoms with Crippen LogP contribution >= 0.6 is 0 Å². The molecular weight excluding hydrogens is 373 g/mol. The van der Waals surface area contributed by atoms with Gasteiger partial charge in [0.1, 0.15) is 6.54 Å². The summed E-state index contributed by atoms with van der Waals surface area (Å²) in [5.74, 6) is -0.459. The Morgan fingerprint density at radius 3 is 2.48 bits per heavy atom. The summed E-state index contributed by atoms with van der Waals surface area (Å²) in [6.07, 6.45) is 0. The van der Waals surface area contributed by atoms with Gasteiger partial charge in [-0.1, -0.05) is 6.07 Å². The maximum atomic E-state index is 13.8. The lowest BCUT2D eigenvalue weighted by molar-refractivity contribution is -0.885. The predicted octanol–water partition coefficient (Wildman–Crippen LogP) is 1.97. The summed E-state index contributed by atoms with van der Waals surface area (Å²) in [5, 5.41) is 2.83. The number of hydrogen-bond acceptors (Lipinski definition) is 3. The van der Waals surface area contributed by atoms with E-state index in [1.165, 1.54) is 13.2 Å². The summed E-state index contributed by atoms with van der Waals surface area (Å²) in [4.78, 5) is 27.5. The molecule has 0 saturated carbocycles. The minimum Gasteiger partial charge on any atom is -0.494 e. The van der Waals surface area contributed by atoms with E-state index in [0.717, 1.165) is 10.5 Å². The highest BCUT2D eigenvalue weighted by Crippen LogP contribution is 2.17. The summed E-state index contributed by atoms with van der Waals surface area (Å²) >= 11 is 0. The topological polar surface area (TPSA) is 63.1 Å². The van der Waals surface area contributed by atoms with Crippen molar-refractivity contribution in [2.45, 2.75) is 20.4 Å².